The van der Waals surface area contributed by atoms with E-state index < -0.39 is 128 Å². The van der Waals surface area contributed by atoms with Crippen LogP contribution in [0.2, 0.25) is 0 Å². The number of carbonyl (C=O) groups excluding carboxylic acids is 7. The molecule has 4 N–H and O–H groups in total. The summed E-state index contributed by atoms with van der Waals surface area (Å²) in [4.78, 5) is 87.1. The topological polar surface area (TPSA) is 262 Å². The third kappa shape index (κ3) is 14.2. The molecule has 2 aliphatic rings. The number of rotatable bonds is 16. The molecule has 0 spiro atoms. The lowest BCUT2D eigenvalue weighted by Gasteiger charge is -2.49. The first-order chi connectivity index (χ1) is 29.3. The summed E-state index contributed by atoms with van der Waals surface area (Å²) in [5, 5.41) is 6.12. The summed E-state index contributed by atoms with van der Waals surface area (Å²) >= 11 is 5.77. The molecule has 62 heavy (non-hydrogen) atoms. The normalized spacial score (nSPS) is 26.5. The van der Waals surface area contributed by atoms with Gasteiger partial charge in [-0.3, -0.25) is 33.6 Å². The molecule has 0 bridgehead atoms. The molecule has 2 aromatic rings. The molecule has 2 aliphatic heterocycles. The standard InChI is InChI=1S/C41H51N3O17S/c1-20(45)52-18-29-34(61-40-38(58-26(7)51)36(56-24(5)49)33(54-22(3)47)30(60-40)19-53-21(2)46)35(55-23(4)48)37(57-25(6)50)39(59-29)44-41(62)43-32(28-16-12-9-13-17-28)31(42)27-14-10-8-11-15-27/h8-17,29-40H,18-19,42H2,1-7H3,(H2,43,44,62)/t29-,30-,31-,32-,33-,34-,35+,36+,37-,38-,39-,40-/m1/s1. The number of hydrogen-bond acceptors (Lipinski definition) is 19. The molecule has 12 atom stereocenters. The van der Waals surface area contributed by atoms with Crippen LogP contribution in [-0.2, 0) is 80.9 Å². The van der Waals surface area contributed by atoms with Crippen LogP contribution in [-0.4, -0.2) is 121 Å². The first-order valence-corrected chi connectivity index (χ1v) is 19.8. The zero-order valence-corrected chi connectivity index (χ0v) is 35.9. The van der Waals surface area contributed by atoms with E-state index in [1.807, 2.05) is 60.7 Å². The van der Waals surface area contributed by atoms with Crippen LogP contribution < -0.4 is 16.4 Å². The summed E-state index contributed by atoms with van der Waals surface area (Å²) in [6, 6.07) is 17.2. The van der Waals surface area contributed by atoms with Crippen molar-refractivity contribution in [2.75, 3.05) is 13.2 Å². The third-order valence-corrected chi connectivity index (χ3v) is 9.43. The van der Waals surface area contributed by atoms with Gasteiger partial charge in [-0.15, -0.1) is 0 Å². The molecule has 2 aromatic carbocycles. The molecule has 20 nitrogen and oxygen atoms in total. The van der Waals surface area contributed by atoms with Crippen molar-refractivity contribution in [1.82, 2.24) is 10.6 Å². The number of nitrogens with one attached hydrogen (secondary N) is 2. The third-order valence-electron chi connectivity index (χ3n) is 9.19. The van der Waals surface area contributed by atoms with Crippen molar-refractivity contribution in [2.45, 2.75) is 122 Å². The van der Waals surface area contributed by atoms with Gasteiger partial charge >= 0.3 is 41.8 Å². The van der Waals surface area contributed by atoms with Gasteiger partial charge in [0.25, 0.3) is 0 Å². The predicted octanol–water partition coefficient (Wildman–Crippen LogP) is 1.51. The van der Waals surface area contributed by atoms with E-state index in [1.165, 1.54) is 0 Å². The van der Waals surface area contributed by atoms with E-state index in [2.05, 4.69) is 10.6 Å². The summed E-state index contributed by atoms with van der Waals surface area (Å²) in [6.07, 6.45) is -15.9. The van der Waals surface area contributed by atoms with Gasteiger partial charge in [0.15, 0.2) is 48.2 Å². The summed E-state index contributed by atoms with van der Waals surface area (Å²) in [6.45, 7) is 6.33. The number of thiocarbonyl (C=S) groups is 1. The maximum atomic E-state index is 12.9. The fourth-order valence-electron chi connectivity index (χ4n) is 6.85. The molecule has 2 saturated heterocycles. The summed E-state index contributed by atoms with van der Waals surface area (Å²) in [5.74, 6) is -5.98. The number of hydrogen-bond donors (Lipinski definition) is 3. The van der Waals surface area contributed by atoms with Crippen LogP contribution in [0.3, 0.4) is 0 Å². The molecule has 0 radical (unpaired) electrons. The molecule has 2 fully saturated rings. The molecule has 0 aromatic heterocycles. The lowest BCUT2D eigenvalue weighted by Crippen LogP contribution is -2.69. The highest BCUT2D eigenvalue weighted by atomic mass is 32.1. The van der Waals surface area contributed by atoms with E-state index in [0.717, 1.165) is 59.6 Å². The smallest absolute Gasteiger partial charge is 0.303 e. The van der Waals surface area contributed by atoms with Crippen molar-refractivity contribution < 1.29 is 80.9 Å². The van der Waals surface area contributed by atoms with E-state index in [-0.39, 0.29) is 5.11 Å². The van der Waals surface area contributed by atoms with Crippen LogP contribution >= 0.6 is 12.2 Å². The second-order valence-electron chi connectivity index (χ2n) is 14.2. The van der Waals surface area contributed by atoms with Crippen LogP contribution in [0.1, 0.15) is 71.7 Å². The van der Waals surface area contributed by atoms with E-state index in [4.69, 9.17) is 65.3 Å². The molecule has 21 heteroatoms. The van der Waals surface area contributed by atoms with E-state index in [9.17, 15) is 33.6 Å². The van der Waals surface area contributed by atoms with Crippen LogP contribution in [0, 0.1) is 0 Å². The van der Waals surface area contributed by atoms with Gasteiger partial charge in [0, 0.05) is 48.5 Å². The Hall–Kier alpha value is -5.74. The fraction of sp³-hybridized carbons (Fsp3) is 0.512. The van der Waals surface area contributed by atoms with Crippen LogP contribution in [0.25, 0.3) is 0 Å². The molecule has 0 unspecified atom stereocenters. The molecule has 0 amide bonds. The minimum absolute atomic E-state index is 0.0563. The minimum Gasteiger partial charge on any atom is -0.463 e. The molecule has 4 rings (SSSR count). The number of ether oxygens (including phenoxy) is 10. The highest BCUT2D eigenvalue weighted by Crippen LogP contribution is 2.35. The number of benzene rings is 2. The Kier molecular flexibility index (Phi) is 18.1. The van der Waals surface area contributed by atoms with E-state index in [0.29, 0.717) is 0 Å². The van der Waals surface area contributed by atoms with Gasteiger partial charge in [-0.2, -0.15) is 0 Å². The van der Waals surface area contributed by atoms with Gasteiger partial charge in [-0.05, 0) is 23.3 Å². The quantitative estimate of drug-likeness (QED) is 0.123. The number of nitrogens with two attached hydrogens (primary N) is 1. The molecular weight excluding hydrogens is 839 g/mol. The zero-order valence-electron chi connectivity index (χ0n) is 35.0. The fourth-order valence-corrected chi connectivity index (χ4v) is 7.09. The van der Waals surface area contributed by atoms with Crippen LogP contribution in [0.15, 0.2) is 60.7 Å². The Bertz CT molecular complexity index is 1910. The summed E-state index contributed by atoms with van der Waals surface area (Å²) < 4.78 is 57.5. The largest absolute Gasteiger partial charge is 0.463 e. The predicted molar refractivity (Wildman–Crippen MR) is 215 cm³/mol. The molecule has 2 heterocycles. The second kappa shape index (κ2) is 22.9. The number of esters is 7. The average Bonchev–Trinajstić information content (AvgIpc) is 3.19. The van der Waals surface area contributed by atoms with Gasteiger partial charge in [0.2, 0.25) is 0 Å². The van der Waals surface area contributed by atoms with E-state index >= 15 is 0 Å². The summed E-state index contributed by atoms with van der Waals surface area (Å²) in [7, 11) is 0. The lowest BCUT2D eigenvalue weighted by atomic mass is 9.94. The van der Waals surface area contributed by atoms with E-state index in [1.54, 1.807) is 0 Å². The zero-order chi connectivity index (χ0) is 45.7. The average molecular weight is 890 g/mol. The molecule has 0 saturated carbocycles. The Morgan fingerprint density at radius 2 is 0.984 bits per heavy atom. The van der Waals surface area contributed by atoms with Gasteiger partial charge in [-0.1, -0.05) is 60.7 Å². The minimum atomic E-state index is -1.83. The number of carbonyl (C=O) groups is 7. The van der Waals surface area contributed by atoms with Gasteiger partial charge in [-0.25, -0.2) is 0 Å². The maximum Gasteiger partial charge on any atom is 0.303 e. The van der Waals surface area contributed by atoms with Crippen molar-refractivity contribution in [3.63, 3.8) is 0 Å². The van der Waals surface area contributed by atoms with Gasteiger partial charge in [0.1, 0.15) is 31.5 Å². The second-order valence-corrected chi connectivity index (χ2v) is 14.6. The Labute approximate surface area is 362 Å². The maximum absolute atomic E-state index is 12.9. The first-order valence-electron chi connectivity index (χ1n) is 19.4. The molecular formula is C41H51N3O17S. The first kappa shape index (κ1) is 48.9. The molecule has 338 valence electrons. The SMILES string of the molecule is CC(=O)OC[C@H]1O[C@@H](NC(=S)N[C@H](c2ccccc2)[C@H](N)c2ccccc2)[C@H](OC(C)=O)[C@@H](OC(C)=O)[C@@H]1O[C@H]1O[C@H](COC(C)=O)[C@@H](OC(C)=O)[C@H](OC(C)=O)[C@H]1OC(C)=O. The Morgan fingerprint density at radius 3 is 1.47 bits per heavy atom. The Balaban J connectivity index is 1.78. The van der Waals surface area contributed by atoms with Crippen molar-refractivity contribution in [3.05, 3.63) is 71.8 Å². The van der Waals surface area contributed by atoms with Crippen molar-refractivity contribution in [1.29, 1.82) is 0 Å². The van der Waals surface area contributed by atoms with Gasteiger partial charge in [0.05, 0.1) is 12.1 Å². The lowest BCUT2D eigenvalue weighted by molar-refractivity contribution is -0.345. The highest BCUT2D eigenvalue weighted by Gasteiger charge is 2.57. The van der Waals surface area contributed by atoms with Crippen molar-refractivity contribution in [2.24, 2.45) is 5.73 Å². The Morgan fingerprint density at radius 1 is 0.565 bits per heavy atom. The molecule has 0 aliphatic carbocycles. The van der Waals surface area contributed by atoms with Crippen LogP contribution in [0.5, 0.6) is 0 Å². The van der Waals surface area contributed by atoms with Crippen LogP contribution in [0.4, 0.5) is 0 Å². The van der Waals surface area contributed by atoms with Crippen molar-refractivity contribution >= 4 is 59.1 Å². The monoisotopic (exact) mass is 889 g/mol. The van der Waals surface area contributed by atoms with Gasteiger partial charge < -0.3 is 63.7 Å². The van der Waals surface area contributed by atoms with Crippen molar-refractivity contribution in [3.8, 4) is 0 Å². The highest BCUT2D eigenvalue weighted by molar-refractivity contribution is 7.80. The summed E-state index contributed by atoms with van der Waals surface area (Å²) in [5.41, 5.74) is 8.32.